The molecule has 0 radical (unpaired) electrons. The number of carboxylic acids is 1. The molecule has 0 aromatic heterocycles. The van der Waals surface area contributed by atoms with E-state index in [1.807, 2.05) is 6.92 Å². The van der Waals surface area contributed by atoms with E-state index in [-0.39, 0.29) is 41.2 Å². The van der Waals surface area contributed by atoms with Gasteiger partial charge in [0.2, 0.25) is 0 Å². The van der Waals surface area contributed by atoms with Crippen LogP contribution in [0.4, 0.5) is 0 Å². The van der Waals surface area contributed by atoms with E-state index in [1.165, 1.54) is 13.8 Å². The molecule has 30 heavy (non-hydrogen) atoms. The molecular formula is C24H36O6. The first kappa shape index (κ1) is 21.6. The predicted octanol–water partition coefficient (Wildman–Crippen LogP) is 4.35. The molecule has 168 valence electrons. The molecule has 4 aliphatic carbocycles. The van der Waals surface area contributed by atoms with Gasteiger partial charge < -0.3 is 14.6 Å². The van der Waals surface area contributed by atoms with Gasteiger partial charge in [-0.3, -0.25) is 14.4 Å². The Kier molecular flexibility index (Phi) is 5.02. The second kappa shape index (κ2) is 6.96. The number of hydrogen-bond donors (Lipinski definition) is 1. The second-order valence-corrected chi connectivity index (χ2v) is 11.2. The lowest BCUT2D eigenvalue weighted by Gasteiger charge is -2.63. The van der Waals surface area contributed by atoms with Gasteiger partial charge in [0.15, 0.2) is 0 Å². The predicted molar refractivity (Wildman–Crippen MR) is 109 cm³/mol. The molecule has 0 aromatic carbocycles. The maximum Gasteiger partial charge on any atom is 0.309 e. The summed E-state index contributed by atoms with van der Waals surface area (Å²) in [6.07, 6.45) is 8.36. The fraction of sp³-hybridized carbons (Fsp3) is 0.875. The number of esters is 2. The van der Waals surface area contributed by atoms with Crippen molar-refractivity contribution in [3.8, 4) is 0 Å². The Bertz CT molecular complexity index is 763. The van der Waals surface area contributed by atoms with E-state index in [0.29, 0.717) is 5.92 Å². The molecule has 4 rings (SSSR count). The van der Waals surface area contributed by atoms with Crippen LogP contribution in [0.3, 0.4) is 0 Å². The summed E-state index contributed by atoms with van der Waals surface area (Å²) >= 11 is 0. The molecule has 7 atom stereocenters. The van der Waals surface area contributed by atoms with Crippen molar-refractivity contribution in [2.24, 2.45) is 34.0 Å². The van der Waals surface area contributed by atoms with E-state index in [4.69, 9.17) is 9.47 Å². The zero-order chi connectivity index (χ0) is 21.9. The number of rotatable bonds is 4. The van der Waals surface area contributed by atoms with E-state index < -0.39 is 17.0 Å². The highest BCUT2D eigenvalue weighted by Crippen LogP contribution is 2.73. The van der Waals surface area contributed by atoms with Crippen LogP contribution in [0.5, 0.6) is 0 Å². The number of aliphatic carboxylic acids is 1. The maximum atomic E-state index is 12.3. The van der Waals surface area contributed by atoms with Crippen molar-refractivity contribution in [2.75, 3.05) is 6.61 Å². The Morgan fingerprint density at radius 2 is 1.70 bits per heavy atom. The zero-order valence-electron chi connectivity index (χ0n) is 18.8. The largest absolute Gasteiger partial charge is 0.481 e. The Hall–Kier alpha value is -1.59. The molecule has 6 nitrogen and oxygen atoms in total. The molecule has 4 fully saturated rings. The van der Waals surface area contributed by atoms with Crippen LogP contribution in [0, 0.1) is 34.0 Å². The molecular weight excluding hydrogens is 384 g/mol. The van der Waals surface area contributed by atoms with Gasteiger partial charge in [0.25, 0.3) is 0 Å². The quantitative estimate of drug-likeness (QED) is 0.680. The minimum atomic E-state index is -0.736. The van der Waals surface area contributed by atoms with Gasteiger partial charge in [-0.25, -0.2) is 0 Å². The summed E-state index contributed by atoms with van der Waals surface area (Å²) in [6, 6.07) is 0. The summed E-state index contributed by atoms with van der Waals surface area (Å²) in [5.41, 5.74) is -1.36. The van der Waals surface area contributed by atoms with Crippen molar-refractivity contribution in [3.05, 3.63) is 0 Å². The number of ether oxygens (including phenoxy) is 2. The first-order valence-electron chi connectivity index (χ1n) is 11.5. The molecule has 4 aliphatic rings. The monoisotopic (exact) mass is 420 g/mol. The lowest BCUT2D eigenvalue weighted by molar-refractivity contribution is -0.183. The minimum Gasteiger partial charge on any atom is -0.481 e. The van der Waals surface area contributed by atoms with Crippen molar-refractivity contribution in [1.29, 1.82) is 0 Å². The summed E-state index contributed by atoms with van der Waals surface area (Å²) in [5.74, 6) is -0.518. The van der Waals surface area contributed by atoms with Gasteiger partial charge >= 0.3 is 17.9 Å². The molecule has 6 heteroatoms. The third kappa shape index (κ3) is 3.00. The summed E-state index contributed by atoms with van der Waals surface area (Å²) in [7, 11) is 0. The van der Waals surface area contributed by atoms with Crippen LogP contribution in [0.25, 0.3) is 0 Å². The molecule has 1 spiro atoms. The summed E-state index contributed by atoms with van der Waals surface area (Å²) in [4.78, 5) is 35.8. The highest BCUT2D eigenvalue weighted by Gasteiger charge is 2.69. The maximum absolute atomic E-state index is 12.3. The first-order valence-corrected chi connectivity index (χ1v) is 11.5. The molecule has 4 saturated carbocycles. The molecule has 0 aromatic rings. The van der Waals surface area contributed by atoms with Crippen LogP contribution >= 0.6 is 0 Å². The first-order chi connectivity index (χ1) is 14.0. The second-order valence-electron chi connectivity index (χ2n) is 11.2. The highest BCUT2D eigenvalue weighted by molar-refractivity contribution is 5.75. The number of hydrogen-bond acceptors (Lipinski definition) is 5. The third-order valence-electron chi connectivity index (χ3n) is 9.65. The van der Waals surface area contributed by atoms with Gasteiger partial charge in [-0.05, 0) is 81.0 Å². The molecule has 0 heterocycles. The average molecular weight is 421 g/mol. The van der Waals surface area contributed by atoms with Gasteiger partial charge in [-0.15, -0.1) is 0 Å². The average Bonchev–Trinajstić information content (AvgIpc) is 2.86. The van der Waals surface area contributed by atoms with E-state index in [2.05, 4.69) is 6.92 Å². The van der Waals surface area contributed by atoms with Crippen molar-refractivity contribution in [3.63, 3.8) is 0 Å². The van der Waals surface area contributed by atoms with Gasteiger partial charge in [-0.1, -0.05) is 13.3 Å². The van der Waals surface area contributed by atoms with Crippen LogP contribution < -0.4 is 0 Å². The van der Waals surface area contributed by atoms with E-state index in [0.717, 1.165) is 57.8 Å². The zero-order valence-corrected chi connectivity index (χ0v) is 18.8. The lowest BCUT2D eigenvalue weighted by Crippen LogP contribution is -2.58. The van der Waals surface area contributed by atoms with Crippen molar-refractivity contribution < 1.29 is 29.0 Å². The Morgan fingerprint density at radius 3 is 2.33 bits per heavy atom. The molecule has 0 aliphatic heterocycles. The van der Waals surface area contributed by atoms with Crippen LogP contribution in [0.2, 0.25) is 0 Å². The van der Waals surface area contributed by atoms with Crippen LogP contribution in [0.1, 0.15) is 85.5 Å². The summed E-state index contributed by atoms with van der Waals surface area (Å²) in [5, 5.41) is 10.1. The van der Waals surface area contributed by atoms with Crippen LogP contribution in [-0.4, -0.2) is 35.2 Å². The minimum absolute atomic E-state index is 0.0116. The fourth-order valence-corrected chi connectivity index (χ4v) is 8.68. The van der Waals surface area contributed by atoms with Gasteiger partial charge in [0.1, 0.15) is 12.2 Å². The highest BCUT2D eigenvalue weighted by atomic mass is 16.6. The number of carboxylic acid groups (broad SMARTS) is 1. The molecule has 2 bridgehead atoms. The Morgan fingerprint density at radius 1 is 0.967 bits per heavy atom. The van der Waals surface area contributed by atoms with Crippen molar-refractivity contribution >= 4 is 17.9 Å². The van der Waals surface area contributed by atoms with Gasteiger partial charge in [0.05, 0.1) is 5.41 Å². The van der Waals surface area contributed by atoms with Gasteiger partial charge in [-0.2, -0.15) is 0 Å². The van der Waals surface area contributed by atoms with Crippen molar-refractivity contribution in [2.45, 2.75) is 91.1 Å². The fourth-order valence-electron chi connectivity index (χ4n) is 8.68. The molecule has 0 unspecified atom stereocenters. The van der Waals surface area contributed by atoms with E-state index in [1.54, 1.807) is 0 Å². The molecule has 0 saturated heterocycles. The van der Waals surface area contributed by atoms with Crippen LogP contribution in [0.15, 0.2) is 0 Å². The number of carbonyl (C=O) groups excluding carboxylic acids is 2. The van der Waals surface area contributed by atoms with Gasteiger partial charge in [0, 0.05) is 19.8 Å². The smallest absolute Gasteiger partial charge is 0.309 e. The SMILES string of the molecule is CC(=O)OC[C@@]1(OC(C)=O)C[C@@]23CC[C@H]4[C@@](C)(CCC[C@@]4(C)C(=O)O)[C@H]2CC[C@@H]1C3. The van der Waals surface area contributed by atoms with E-state index in [9.17, 15) is 19.5 Å². The summed E-state index contributed by atoms with van der Waals surface area (Å²) in [6.45, 7) is 7.25. The standard InChI is InChI=1S/C24H36O6/c1-15(25)29-14-24(30-16(2)26)13-23-11-8-18-21(3,19(23)7-6-17(24)12-23)9-5-10-22(18,4)20(27)28/h17-19H,5-14H2,1-4H3,(H,27,28)/t17-,18+,19-,21-,22-,23+,24+/m1/s1. The van der Waals surface area contributed by atoms with Crippen LogP contribution in [-0.2, 0) is 23.9 Å². The number of carbonyl (C=O) groups is 3. The van der Waals surface area contributed by atoms with Crippen molar-refractivity contribution in [1.82, 2.24) is 0 Å². The molecule has 0 amide bonds. The third-order valence-corrected chi connectivity index (χ3v) is 9.65. The van der Waals surface area contributed by atoms with E-state index >= 15 is 0 Å². The molecule has 1 N–H and O–H groups in total. The number of fused-ring (bicyclic) bond motifs is 3. The Labute approximate surface area is 179 Å². The topological polar surface area (TPSA) is 89.9 Å². The summed E-state index contributed by atoms with van der Waals surface area (Å²) < 4.78 is 11.4. The Balaban J connectivity index is 1.69. The normalized spacial score (nSPS) is 47.0. The lowest BCUT2D eigenvalue weighted by atomic mass is 9.41.